The van der Waals surface area contributed by atoms with E-state index in [0.29, 0.717) is 0 Å². The third kappa shape index (κ3) is 4.43. The van der Waals surface area contributed by atoms with E-state index >= 15 is 0 Å². The molecule has 22 heavy (non-hydrogen) atoms. The highest BCUT2D eigenvalue weighted by atomic mass is 79.9. The van der Waals surface area contributed by atoms with Crippen LogP contribution in [0.25, 0.3) is 0 Å². The van der Waals surface area contributed by atoms with E-state index in [0.717, 1.165) is 25.7 Å². The molecule has 1 aliphatic rings. The minimum absolute atomic E-state index is 0.0277. The van der Waals surface area contributed by atoms with Crippen molar-refractivity contribution >= 4 is 31.9 Å². The van der Waals surface area contributed by atoms with Crippen molar-refractivity contribution in [1.82, 2.24) is 0 Å². The number of hydrogen-bond donors (Lipinski definition) is 0. The molecule has 3 heteroatoms. The molecule has 116 valence electrons. The summed E-state index contributed by atoms with van der Waals surface area (Å²) in [6.45, 7) is 0. The summed E-state index contributed by atoms with van der Waals surface area (Å²) >= 11 is 7.67. The van der Waals surface area contributed by atoms with Gasteiger partial charge in [0, 0.05) is 6.42 Å². The van der Waals surface area contributed by atoms with Gasteiger partial charge in [-0.3, -0.25) is 0 Å². The molecule has 1 saturated heterocycles. The first-order chi connectivity index (χ1) is 10.6. The molecule has 2 atom stereocenters. The number of benzene rings is 2. The predicted octanol–water partition coefficient (Wildman–Crippen LogP) is 6.03. The topological polar surface area (TPSA) is 9.23 Å². The normalized spacial score (nSPS) is 24.1. The first-order valence-electron chi connectivity index (χ1n) is 7.74. The SMILES string of the molecule is BrC1(Br)CC(CCc2ccccc2)OC(c2ccccc2)C1. The van der Waals surface area contributed by atoms with Crippen molar-refractivity contribution in [2.24, 2.45) is 0 Å². The molecule has 1 aliphatic heterocycles. The van der Waals surface area contributed by atoms with E-state index in [1.165, 1.54) is 11.1 Å². The van der Waals surface area contributed by atoms with Gasteiger partial charge in [0.25, 0.3) is 0 Å². The lowest BCUT2D eigenvalue weighted by molar-refractivity contribution is -0.0544. The number of aryl methyl sites for hydroxylation is 1. The maximum Gasteiger partial charge on any atom is 0.0858 e. The second kappa shape index (κ2) is 7.29. The van der Waals surface area contributed by atoms with E-state index in [2.05, 4.69) is 92.5 Å². The lowest BCUT2D eigenvalue weighted by atomic mass is 9.95. The molecule has 0 amide bonds. The zero-order chi connectivity index (χ0) is 15.4. The number of ether oxygens (including phenoxy) is 1. The smallest absolute Gasteiger partial charge is 0.0858 e. The fourth-order valence-corrected chi connectivity index (χ4v) is 4.33. The van der Waals surface area contributed by atoms with Gasteiger partial charge >= 0.3 is 0 Å². The van der Waals surface area contributed by atoms with Gasteiger partial charge in [0.1, 0.15) is 0 Å². The zero-order valence-corrected chi connectivity index (χ0v) is 15.6. The molecule has 0 radical (unpaired) electrons. The third-order valence-electron chi connectivity index (χ3n) is 4.14. The van der Waals surface area contributed by atoms with Gasteiger partial charge in [-0.1, -0.05) is 92.5 Å². The van der Waals surface area contributed by atoms with Crippen molar-refractivity contribution in [3.63, 3.8) is 0 Å². The highest BCUT2D eigenvalue weighted by molar-refractivity contribution is 9.25. The first-order valence-corrected chi connectivity index (χ1v) is 9.33. The van der Waals surface area contributed by atoms with Gasteiger partial charge in [-0.25, -0.2) is 0 Å². The highest BCUT2D eigenvalue weighted by Gasteiger charge is 2.38. The highest BCUT2D eigenvalue weighted by Crippen LogP contribution is 2.47. The maximum atomic E-state index is 6.37. The molecule has 0 spiro atoms. The summed E-state index contributed by atoms with van der Waals surface area (Å²) in [5.74, 6) is 0. The minimum Gasteiger partial charge on any atom is -0.370 e. The molecule has 0 bridgehead atoms. The van der Waals surface area contributed by atoms with Crippen LogP contribution < -0.4 is 0 Å². The molecule has 0 aliphatic carbocycles. The molecule has 2 aromatic carbocycles. The van der Waals surface area contributed by atoms with Crippen molar-refractivity contribution in [3.05, 3.63) is 71.8 Å². The van der Waals surface area contributed by atoms with E-state index in [1.807, 2.05) is 0 Å². The fraction of sp³-hybridized carbons (Fsp3) is 0.368. The van der Waals surface area contributed by atoms with Crippen molar-refractivity contribution in [3.8, 4) is 0 Å². The van der Waals surface area contributed by atoms with Crippen LogP contribution >= 0.6 is 31.9 Å². The van der Waals surface area contributed by atoms with Gasteiger partial charge in [-0.05, 0) is 30.4 Å². The maximum absolute atomic E-state index is 6.37. The Balaban J connectivity index is 1.66. The largest absolute Gasteiger partial charge is 0.370 e. The van der Waals surface area contributed by atoms with Crippen LogP contribution in [0.2, 0.25) is 0 Å². The Morgan fingerprint density at radius 2 is 1.55 bits per heavy atom. The second-order valence-electron chi connectivity index (χ2n) is 5.95. The molecule has 0 N–H and O–H groups in total. The molecule has 2 unspecified atom stereocenters. The van der Waals surface area contributed by atoms with Gasteiger partial charge in [-0.2, -0.15) is 0 Å². The average molecular weight is 424 g/mol. The summed E-state index contributed by atoms with van der Waals surface area (Å²) in [4.78, 5) is 0. The standard InChI is InChI=1S/C19H20Br2O/c20-19(21)13-17(12-11-15-7-3-1-4-8-15)22-18(14-19)16-9-5-2-6-10-16/h1-10,17-18H,11-14H2. The van der Waals surface area contributed by atoms with Crippen LogP contribution in [0.15, 0.2) is 60.7 Å². The van der Waals surface area contributed by atoms with Gasteiger partial charge in [0.05, 0.1) is 15.4 Å². The van der Waals surface area contributed by atoms with Crippen molar-refractivity contribution in [2.45, 2.75) is 41.1 Å². The van der Waals surface area contributed by atoms with Gasteiger partial charge < -0.3 is 4.74 Å². The Morgan fingerprint density at radius 1 is 0.909 bits per heavy atom. The van der Waals surface area contributed by atoms with Crippen LogP contribution in [0.4, 0.5) is 0 Å². The summed E-state index contributed by atoms with van der Waals surface area (Å²) in [5, 5.41) is 0. The average Bonchev–Trinajstić information content (AvgIpc) is 2.53. The van der Waals surface area contributed by atoms with E-state index < -0.39 is 0 Å². The predicted molar refractivity (Wildman–Crippen MR) is 98.6 cm³/mol. The van der Waals surface area contributed by atoms with Gasteiger partial charge in [0.2, 0.25) is 0 Å². The number of rotatable bonds is 4. The molecule has 1 nitrogen and oxygen atoms in total. The molecule has 0 saturated carbocycles. The molecular formula is C19H20Br2O. The summed E-state index contributed by atoms with van der Waals surface area (Å²) in [6.07, 6.45) is 4.45. The molecule has 2 aromatic rings. The van der Waals surface area contributed by atoms with E-state index in [4.69, 9.17) is 4.74 Å². The lowest BCUT2D eigenvalue weighted by Crippen LogP contribution is -2.34. The second-order valence-corrected chi connectivity index (χ2v) is 10.0. The Bertz CT molecular complexity index is 583. The van der Waals surface area contributed by atoms with E-state index in [9.17, 15) is 0 Å². The van der Waals surface area contributed by atoms with Crippen LogP contribution in [0.3, 0.4) is 0 Å². The lowest BCUT2D eigenvalue weighted by Gasteiger charge is -2.38. The van der Waals surface area contributed by atoms with Gasteiger partial charge in [-0.15, -0.1) is 0 Å². The Morgan fingerprint density at radius 3 is 2.23 bits per heavy atom. The fourth-order valence-electron chi connectivity index (χ4n) is 3.02. The summed E-state index contributed by atoms with van der Waals surface area (Å²) in [7, 11) is 0. The summed E-state index contributed by atoms with van der Waals surface area (Å²) < 4.78 is 6.34. The molecule has 3 rings (SSSR count). The molecule has 1 fully saturated rings. The first kappa shape index (κ1) is 16.2. The molecule has 0 aromatic heterocycles. The Hall–Kier alpha value is -0.640. The number of alkyl halides is 2. The van der Waals surface area contributed by atoms with Crippen molar-refractivity contribution < 1.29 is 4.74 Å². The monoisotopic (exact) mass is 422 g/mol. The van der Waals surface area contributed by atoms with Crippen LogP contribution in [-0.2, 0) is 11.2 Å². The van der Waals surface area contributed by atoms with Crippen LogP contribution in [-0.4, -0.2) is 9.34 Å². The van der Waals surface area contributed by atoms with Crippen LogP contribution in [0.1, 0.15) is 36.5 Å². The number of halogens is 2. The van der Waals surface area contributed by atoms with Crippen molar-refractivity contribution in [1.29, 1.82) is 0 Å². The quantitative estimate of drug-likeness (QED) is 0.545. The molecule has 1 heterocycles. The van der Waals surface area contributed by atoms with Crippen LogP contribution in [0.5, 0.6) is 0 Å². The van der Waals surface area contributed by atoms with Gasteiger partial charge in [0.15, 0.2) is 0 Å². The molecular weight excluding hydrogens is 404 g/mol. The van der Waals surface area contributed by atoms with Crippen LogP contribution in [0, 0.1) is 0 Å². The number of hydrogen-bond acceptors (Lipinski definition) is 1. The Labute approximate surface area is 149 Å². The zero-order valence-electron chi connectivity index (χ0n) is 12.4. The summed E-state index contributed by atoms with van der Waals surface area (Å²) in [5.41, 5.74) is 2.64. The van der Waals surface area contributed by atoms with E-state index in [-0.39, 0.29) is 15.4 Å². The van der Waals surface area contributed by atoms with Crippen molar-refractivity contribution in [2.75, 3.05) is 0 Å². The van der Waals surface area contributed by atoms with E-state index in [1.54, 1.807) is 0 Å². The Kier molecular flexibility index (Phi) is 5.37. The third-order valence-corrected chi connectivity index (χ3v) is 5.43. The minimum atomic E-state index is -0.0277. The summed E-state index contributed by atoms with van der Waals surface area (Å²) in [6, 6.07) is 21.2.